The quantitative estimate of drug-likeness (QED) is 0.517. The molecule has 0 atom stereocenters. The fraction of sp³-hybridized carbons (Fsp3) is 0.100. The van der Waals surface area contributed by atoms with Gasteiger partial charge < -0.3 is 4.79 Å². The number of rotatable bonds is 1. The number of hydrogen-bond donors (Lipinski definition) is 0. The summed E-state index contributed by atoms with van der Waals surface area (Å²) in [4.78, 5) is 9.99. The highest BCUT2D eigenvalue weighted by Crippen LogP contribution is 2.19. The van der Waals surface area contributed by atoms with E-state index in [1.807, 2.05) is 0 Å². The minimum atomic E-state index is 0.211. The van der Waals surface area contributed by atoms with Gasteiger partial charge in [0.1, 0.15) is 6.29 Å². The zero-order valence-corrected chi connectivity index (χ0v) is 8.19. The molecule has 1 nitrogen and oxygen atoms in total. The molecule has 0 aliphatic rings. The average molecular weight is 213 g/mol. The van der Waals surface area contributed by atoms with Gasteiger partial charge in [0.2, 0.25) is 0 Å². The molecule has 0 heterocycles. The van der Waals surface area contributed by atoms with Gasteiger partial charge in [-0.3, -0.25) is 0 Å². The Bertz CT molecular complexity index is 374. The predicted molar refractivity (Wildman–Crippen MR) is 54.0 cm³/mol. The first-order valence-corrected chi connectivity index (χ1v) is 4.37. The molecule has 0 saturated heterocycles. The Morgan fingerprint density at radius 3 is 2.85 bits per heavy atom. The highest BCUT2D eigenvalue weighted by molar-refractivity contribution is 6.33. The Hall–Kier alpha value is -0.970. The van der Waals surface area contributed by atoms with Crippen molar-refractivity contribution in [1.82, 2.24) is 0 Å². The average Bonchev–Trinajstić information content (AvgIpc) is 2.11. The Morgan fingerprint density at radius 2 is 2.15 bits per heavy atom. The first-order valence-electron chi connectivity index (χ1n) is 3.61. The van der Waals surface area contributed by atoms with Gasteiger partial charge >= 0.3 is 0 Å². The van der Waals surface area contributed by atoms with E-state index in [4.69, 9.17) is 23.2 Å². The van der Waals surface area contributed by atoms with Gasteiger partial charge in [-0.05, 0) is 18.2 Å². The van der Waals surface area contributed by atoms with Crippen LogP contribution in [0, 0.1) is 11.8 Å². The van der Waals surface area contributed by atoms with E-state index < -0.39 is 0 Å². The van der Waals surface area contributed by atoms with E-state index in [0.717, 1.165) is 6.29 Å². The molecule has 66 valence electrons. The van der Waals surface area contributed by atoms with Crippen LogP contribution < -0.4 is 0 Å². The van der Waals surface area contributed by atoms with Crippen molar-refractivity contribution < 1.29 is 4.79 Å². The lowest BCUT2D eigenvalue weighted by Gasteiger charge is -1.95. The molecule has 0 saturated carbocycles. The van der Waals surface area contributed by atoms with E-state index in [1.54, 1.807) is 18.2 Å². The van der Waals surface area contributed by atoms with Crippen LogP contribution in [0.3, 0.4) is 0 Å². The zero-order valence-electron chi connectivity index (χ0n) is 6.68. The van der Waals surface area contributed by atoms with Crippen molar-refractivity contribution in [2.45, 2.75) is 6.42 Å². The summed E-state index contributed by atoms with van der Waals surface area (Å²) in [6.07, 6.45) is 0.953. The molecule has 1 aromatic carbocycles. The first kappa shape index (κ1) is 10.1. The van der Waals surface area contributed by atoms with Crippen molar-refractivity contribution in [2.24, 2.45) is 0 Å². The number of halogens is 2. The summed E-state index contributed by atoms with van der Waals surface area (Å²) in [5.41, 5.74) is 0.649. The van der Waals surface area contributed by atoms with Gasteiger partial charge in [0.25, 0.3) is 0 Å². The number of benzene rings is 1. The molecule has 0 bridgehead atoms. The van der Waals surface area contributed by atoms with Crippen molar-refractivity contribution in [3.05, 3.63) is 33.8 Å². The molecule has 1 rings (SSSR count). The Balaban J connectivity index is 2.95. The van der Waals surface area contributed by atoms with Crippen LogP contribution in [-0.4, -0.2) is 6.29 Å². The van der Waals surface area contributed by atoms with Gasteiger partial charge in [0.05, 0.1) is 11.4 Å². The second-order valence-corrected chi connectivity index (χ2v) is 3.14. The lowest BCUT2D eigenvalue weighted by Crippen LogP contribution is -1.77. The summed E-state index contributed by atoms with van der Waals surface area (Å²) in [6, 6.07) is 5.03. The Morgan fingerprint density at radius 1 is 1.38 bits per heavy atom. The standard InChI is InChI=1S/C10H6Cl2O/c11-9-4-5-10(12)8(7-9)3-1-2-6-13/h4-7H,2H2. The van der Waals surface area contributed by atoms with Crippen molar-refractivity contribution >= 4 is 29.5 Å². The van der Waals surface area contributed by atoms with E-state index in [0.29, 0.717) is 15.6 Å². The molecule has 13 heavy (non-hydrogen) atoms. The first-order chi connectivity index (χ1) is 6.24. The van der Waals surface area contributed by atoms with Gasteiger partial charge in [-0.25, -0.2) is 0 Å². The van der Waals surface area contributed by atoms with Crippen LogP contribution in [0.25, 0.3) is 0 Å². The molecule has 0 amide bonds. The van der Waals surface area contributed by atoms with Crippen LogP contribution in [0.5, 0.6) is 0 Å². The molecular weight excluding hydrogens is 207 g/mol. The van der Waals surface area contributed by atoms with Gasteiger partial charge in [-0.1, -0.05) is 35.0 Å². The molecule has 0 fully saturated rings. The number of aldehydes is 1. The highest BCUT2D eigenvalue weighted by atomic mass is 35.5. The maximum atomic E-state index is 9.99. The van der Waals surface area contributed by atoms with Crippen molar-refractivity contribution in [3.8, 4) is 11.8 Å². The van der Waals surface area contributed by atoms with Crippen LogP contribution in [0.1, 0.15) is 12.0 Å². The van der Waals surface area contributed by atoms with E-state index in [9.17, 15) is 4.79 Å². The summed E-state index contributed by atoms with van der Waals surface area (Å²) in [7, 11) is 0. The summed E-state index contributed by atoms with van der Waals surface area (Å²) >= 11 is 11.6. The molecule has 0 unspecified atom stereocenters. The summed E-state index contributed by atoms with van der Waals surface area (Å²) in [5, 5.41) is 1.13. The summed E-state index contributed by atoms with van der Waals surface area (Å²) in [5.74, 6) is 5.42. The number of carbonyl (C=O) groups excluding carboxylic acids is 1. The van der Waals surface area contributed by atoms with E-state index in [-0.39, 0.29) is 6.42 Å². The number of hydrogen-bond acceptors (Lipinski definition) is 1. The minimum absolute atomic E-state index is 0.211. The number of carbonyl (C=O) groups is 1. The third kappa shape index (κ3) is 3.10. The fourth-order valence-electron chi connectivity index (χ4n) is 0.781. The summed E-state index contributed by atoms with van der Waals surface area (Å²) < 4.78 is 0. The largest absolute Gasteiger partial charge is 0.302 e. The lowest BCUT2D eigenvalue weighted by molar-refractivity contribution is -0.107. The van der Waals surface area contributed by atoms with Gasteiger partial charge in [0.15, 0.2) is 0 Å². The Labute approximate surface area is 86.7 Å². The molecule has 3 heteroatoms. The Kier molecular flexibility index (Phi) is 3.82. The lowest BCUT2D eigenvalue weighted by atomic mass is 10.2. The molecule has 0 spiro atoms. The van der Waals surface area contributed by atoms with Crippen molar-refractivity contribution in [1.29, 1.82) is 0 Å². The van der Waals surface area contributed by atoms with Crippen LogP contribution >= 0.6 is 23.2 Å². The van der Waals surface area contributed by atoms with Crippen LogP contribution in [-0.2, 0) is 4.79 Å². The van der Waals surface area contributed by atoms with Crippen molar-refractivity contribution in [2.75, 3.05) is 0 Å². The van der Waals surface area contributed by atoms with Gasteiger partial charge in [-0.15, -0.1) is 0 Å². The molecule has 0 radical (unpaired) electrons. The molecule has 1 aromatic rings. The normalized spacial score (nSPS) is 8.77. The van der Waals surface area contributed by atoms with E-state index in [2.05, 4.69) is 11.8 Å². The molecule has 0 aliphatic heterocycles. The van der Waals surface area contributed by atoms with Crippen molar-refractivity contribution in [3.63, 3.8) is 0 Å². The topological polar surface area (TPSA) is 17.1 Å². The molecule has 0 aliphatic carbocycles. The highest BCUT2D eigenvalue weighted by Gasteiger charge is 1.96. The third-order valence-electron chi connectivity index (χ3n) is 1.34. The molecular formula is C10H6Cl2O. The smallest absolute Gasteiger partial charge is 0.131 e. The SMILES string of the molecule is O=CCC#Cc1cc(Cl)ccc1Cl. The molecule has 0 N–H and O–H groups in total. The van der Waals surface area contributed by atoms with Crippen LogP contribution in [0.4, 0.5) is 0 Å². The predicted octanol–water partition coefficient (Wildman–Crippen LogP) is 2.93. The van der Waals surface area contributed by atoms with E-state index >= 15 is 0 Å². The zero-order chi connectivity index (χ0) is 9.68. The van der Waals surface area contributed by atoms with Gasteiger partial charge in [-0.2, -0.15) is 0 Å². The monoisotopic (exact) mass is 212 g/mol. The van der Waals surface area contributed by atoms with E-state index in [1.165, 1.54) is 0 Å². The summed E-state index contributed by atoms with van der Waals surface area (Å²) in [6.45, 7) is 0. The van der Waals surface area contributed by atoms with Gasteiger partial charge in [0, 0.05) is 10.6 Å². The molecule has 0 aromatic heterocycles. The second kappa shape index (κ2) is 4.91. The fourth-order valence-corrected chi connectivity index (χ4v) is 1.12. The van der Waals surface area contributed by atoms with Crippen LogP contribution in [0.2, 0.25) is 10.0 Å². The minimum Gasteiger partial charge on any atom is -0.302 e. The third-order valence-corrected chi connectivity index (χ3v) is 1.90. The maximum Gasteiger partial charge on any atom is 0.131 e. The second-order valence-electron chi connectivity index (χ2n) is 2.30. The maximum absolute atomic E-state index is 9.99. The van der Waals surface area contributed by atoms with Crippen LogP contribution in [0.15, 0.2) is 18.2 Å².